The van der Waals surface area contributed by atoms with Crippen LogP contribution in [-0.2, 0) is 17.6 Å². The number of aliphatic imine (C=N–C) groups is 1. The van der Waals surface area contributed by atoms with Crippen LogP contribution in [0, 0.1) is 13.8 Å². The average molecular weight is 489 g/mol. The van der Waals surface area contributed by atoms with Crippen LogP contribution in [0.25, 0.3) is 0 Å². The summed E-state index contributed by atoms with van der Waals surface area (Å²) in [6.45, 7) is 6.17. The summed E-state index contributed by atoms with van der Waals surface area (Å²) in [4.78, 5) is 31.6. The first kappa shape index (κ1) is 24.9. The van der Waals surface area contributed by atoms with Crippen molar-refractivity contribution in [2.24, 2.45) is 4.99 Å². The fourth-order valence-electron chi connectivity index (χ4n) is 4.34. The van der Waals surface area contributed by atoms with E-state index in [9.17, 15) is 9.59 Å². The Labute approximate surface area is 211 Å². The molecule has 0 atom stereocenters. The Morgan fingerprint density at radius 2 is 1.77 bits per heavy atom. The lowest BCUT2D eigenvalue weighted by Gasteiger charge is -2.13. The van der Waals surface area contributed by atoms with Gasteiger partial charge < -0.3 is 10.1 Å². The van der Waals surface area contributed by atoms with Crippen LogP contribution < -0.4 is 5.32 Å². The van der Waals surface area contributed by atoms with Crippen molar-refractivity contribution in [3.63, 3.8) is 0 Å². The molecule has 1 aliphatic rings. The molecule has 35 heavy (non-hydrogen) atoms. The number of hydrogen-bond donors (Lipinski definition) is 1. The third-order valence-electron chi connectivity index (χ3n) is 6.27. The van der Waals surface area contributed by atoms with Crippen LogP contribution in [0.4, 0.5) is 10.7 Å². The Kier molecular flexibility index (Phi) is 8.13. The third kappa shape index (κ3) is 6.06. The molecule has 0 bridgehead atoms. The van der Waals surface area contributed by atoms with E-state index < -0.39 is 0 Å². The molecule has 5 nitrogen and oxygen atoms in total. The number of ether oxygens (including phenoxy) is 1. The van der Waals surface area contributed by atoms with Crippen molar-refractivity contribution in [3.05, 3.63) is 80.7 Å². The Balaban J connectivity index is 1.65. The lowest BCUT2D eigenvalue weighted by Crippen LogP contribution is -2.15. The van der Waals surface area contributed by atoms with Crippen molar-refractivity contribution in [3.8, 4) is 0 Å². The predicted molar refractivity (Wildman–Crippen MR) is 144 cm³/mol. The maximum atomic E-state index is 13.6. The highest BCUT2D eigenvalue weighted by Crippen LogP contribution is 2.39. The number of amides is 1. The van der Waals surface area contributed by atoms with Crippen molar-refractivity contribution in [2.75, 3.05) is 11.9 Å². The highest BCUT2D eigenvalue weighted by atomic mass is 32.1. The highest BCUT2D eigenvalue weighted by Gasteiger charge is 2.24. The molecule has 0 unspecified atom stereocenters. The molecular weight excluding hydrogens is 456 g/mol. The number of fused-ring (bicyclic) bond motifs is 1. The Morgan fingerprint density at radius 1 is 1.03 bits per heavy atom. The van der Waals surface area contributed by atoms with Crippen LogP contribution in [0.2, 0.25) is 0 Å². The first-order chi connectivity index (χ1) is 17.0. The Bertz CT molecular complexity index is 1240. The van der Waals surface area contributed by atoms with Crippen molar-refractivity contribution in [2.45, 2.75) is 59.3 Å². The molecule has 3 aromatic rings. The van der Waals surface area contributed by atoms with Gasteiger partial charge in [-0.1, -0.05) is 37.1 Å². The van der Waals surface area contributed by atoms with E-state index in [-0.39, 0.29) is 11.9 Å². The fourth-order valence-corrected chi connectivity index (χ4v) is 5.57. The first-order valence-corrected chi connectivity index (χ1v) is 13.1. The molecule has 1 amide bonds. The molecule has 1 aromatic heterocycles. The number of nitrogens with one attached hydrogen (secondary N) is 1. The normalized spacial score (nSPS) is 13.7. The molecule has 0 aliphatic heterocycles. The van der Waals surface area contributed by atoms with Gasteiger partial charge in [0.1, 0.15) is 5.00 Å². The van der Waals surface area contributed by atoms with Gasteiger partial charge in [0.15, 0.2) is 0 Å². The van der Waals surface area contributed by atoms with Crippen molar-refractivity contribution >= 4 is 40.1 Å². The number of carbonyl (C=O) groups is 2. The summed E-state index contributed by atoms with van der Waals surface area (Å²) in [5.41, 5.74) is 6.21. The number of anilines is 1. The smallest absolute Gasteiger partial charge is 0.338 e. The summed E-state index contributed by atoms with van der Waals surface area (Å²) in [6.07, 6.45) is 8.32. The number of hydrogen-bond acceptors (Lipinski definition) is 5. The Morgan fingerprint density at radius 3 is 2.51 bits per heavy atom. The van der Waals surface area contributed by atoms with E-state index in [1.807, 2.05) is 44.2 Å². The van der Waals surface area contributed by atoms with E-state index in [4.69, 9.17) is 9.73 Å². The van der Waals surface area contributed by atoms with Gasteiger partial charge in [-0.15, -0.1) is 11.3 Å². The fraction of sp³-hybridized carbons (Fsp3) is 0.345. The second-order valence-electron chi connectivity index (χ2n) is 8.97. The molecule has 182 valence electrons. The van der Waals surface area contributed by atoms with Gasteiger partial charge in [-0.05, 0) is 86.9 Å². The van der Waals surface area contributed by atoms with E-state index in [1.54, 1.807) is 36.6 Å². The molecule has 0 radical (unpaired) electrons. The molecular formula is C29H32N2O3S. The van der Waals surface area contributed by atoms with Crippen LogP contribution in [0.15, 0.2) is 47.5 Å². The minimum Gasteiger partial charge on any atom is -0.462 e. The minimum absolute atomic E-state index is 0.0958. The molecule has 2 aromatic carbocycles. The van der Waals surface area contributed by atoms with Crippen LogP contribution in [0.3, 0.4) is 0 Å². The van der Waals surface area contributed by atoms with Crippen molar-refractivity contribution < 1.29 is 14.3 Å². The van der Waals surface area contributed by atoms with Gasteiger partial charge in [0.2, 0.25) is 0 Å². The summed E-state index contributed by atoms with van der Waals surface area (Å²) in [6, 6.07) is 13.3. The SMILES string of the molecule is CCOC(=O)c1ccc(C=Nc2sc3c(c2C(=O)Nc2cc(C)ccc2C)CCCCCC3)cc1. The van der Waals surface area contributed by atoms with Gasteiger partial charge in [-0.2, -0.15) is 0 Å². The standard InChI is InChI=1S/C29H32N2O3S/c1-4-34-29(33)22-15-13-21(14-16-22)18-30-28-26(23-9-7-5-6-8-10-25(23)35-28)27(32)31-24-17-19(2)11-12-20(24)3/h11-18H,4-10H2,1-3H3,(H,31,32). The molecule has 1 N–H and O–H groups in total. The van der Waals surface area contributed by atoms with E-state index in [2.05, 4.69) is 5.32 Å². The zero-order valence-corrected chi connectivity index (χ0v) is 21.5. The average Bonchev–Trinajstić information content (AvgIpc) is 3.16. The largest absolute Gasteiger partial charge is 0.462 e. The maximum absolute atomic E-state index is 13.6. The second kappa shape index (κ2) is 11.5. The minimum atomic E-state index is -0.334. The van der Waals surface area contributed by atoms with Crippen LogP contribution in [0.1, 0.15) is 80.5 Å². The number of thiophene rings is 1. The number of benzene rings is 2. The van der Waals surface area contributed by atoms with E-state index in [1.165, 1.54) is 17.7 Å². The molecule has 0 fully saturated rings. The maximum Gasteiger partial charge on any atom is 0.338 e. The molecule has 0 saturated heterocycles. The summed E-state index contributed by atoms with van der Waals surface area (Å²) in [7, 11) is 0. The predicted octanol–water partition coefficient (Wildman–Crippen LogP) is 7.20. The van der Waals surface area contributed by atoms with Crippen LogP contribution >= 0.6 is 11.3 Å². The van der Waals surface area contributed by atoms with Gasteiger partial charge in [-0.25, -0.2) is 9.79 Å². The van der Waals surface area contributed by atoms with E-state index in [0.717, 1.165) is 58.6 Å². The van der Waals surface area contributed by atoms with Crippen molar-refractivity contribution in [1.82, 2.24) is 0 Å². The lowest BCUT2D eigenvalue weighted by atomic mass is 9.96. The number of carbonyl (C=O) groups excluding carboxylic acids is 2. The van der Waals surface area contributed by atoms with E-state index in [0.29, 0.717) is 17.7 Å². The van der Waals surface area contributed by atoms with Crippen LogP contribution in [0.5, 0.6) is 0 Å². The zero-order chi connectivity index (χ0) is 24.8. The number of rotatable bonds is 6. The quantitative estimate of drug-likeness (QED) is 0.295. The number of esters is 1. The van der Waals surface area contributed by atoms with Gasteiger partial charge in [0.05, 0.1) is 17.7 Å². The third-order valence-corrected chi connectivity index (χ3v) is 7.47. The van der Waals surface area contributed by atoms with Gasteiger partial charge in [0.25, 0.3) is 5.91 Å². The first-order valence-electron chi connectivity index (χ1n) is 12.3. The van der Waals surface area contributed by atoms with Crippen LogP contribution in [-0.4, -0.2) is 24.7 Å². The summed E-state index contributed by atoms with van der Waals surface area (Å²) >= 11 is 1.63. The van der Waals surface area contributed by atoms with Gasteiger partial charge >= 0.3 is 5.97 Å². The summed E-state index contributed by atoms with van der Waals surface area (Å²) in [5.74, 6) is -0.430. The summed E-state index contributed by atoms with van der Waals surface area (Å²) < 4.78 is 5.06. The monoisotopic (exact) mass is 488 g/mol. The van der Waals surface area contributed by atoms with E-state index >= 15 is 0 Å². The second-order valence-corrected chi connectivity index (χ2v) is 10.1. The van der Waals surface area contributed by atoms with Gasteiger partial charge in [-0.3, -0.25) is 4.79 Å². The number of aryl methyl sites for hydroxylation is 3. The topological polar surface area (TPSA) is 67.8 Å². The molecule has 4 rings (SSSR count). The molecule has 6 heteroatoms. The zero-order valence-electron chi connectivity index (χ0n) is 20.6. The Hall–Kier alpha value is -3.25. The molecule has 0 saturated carbocycles. The molecule has 1 heterocycles. The van der Waals surface area contributed by atoms with Crippen molar-refractivity contribution in [1.29, 1.82) is 0 Å². The highest BCUT2D eigenvalue weighted by molar-refractivity contribution is 7.16. The molecule has 0 spiro atoms. The lowest BCUT2D eigenvalue weighted by molar-refractivity contribution is 0.0526. The van der Waals surface area contributed by atoms with Gasteiger partial charge in [0, 0.05) is 16.8 Å². The number of nitrogens with zero attached hydrogens (tertiary/aromatic N) is 1. The summed E-state index contributed by atoms with van der Waals surface area (Å²) in [5, 5.41) is 3.90. The molecule has 1 aliphatic carbocycles.